The fourth-order valence-corrected chi connectivity index (χ4v) is 4.36. The molecule has 2 aliphatic rings. The van der Waals surface area contributed by atoms with Crippen molar-refractivity contribution in [2.45, 2.75) is 57.8 Å². The zero-order valence-corrected chi connectivity index (χ0v) is 18.6. The van der Waals surface area contributed by atoms with Crippen LogP contribution in [0.4, 0.5) is 0 Å². The van der Waals surface area contributed by atoms with Gasteiger partial charge >= 0.3 is 5.97 Å². The molecule has 152 valence electrons. The number of methoxy groups -OCH3 is 1. The predicted molar refractivity (Wildman–Crippen MR) is 109 cm³/mol. The molecule has 3 rings (SSSR count). The molecule has 0 spiro atoms. The van der Waals surface area contributed by atoms with Crippen LogP contribution in [0.5, 0.6) is 0 Å². The van der Waals surface area contributed by atoms with Gasteiger partial charge in [0.1, 0.15) is 0 Å². The number of esters is 1. The van der Waals surface area contributed by atoms with E-state index >= 15 is 0 Å². The molecule has 2 aliphatic heterocycles. The van der Waals surface area contributed by atoms with Crippen molar-refractivity contribution >= 4 is 20.2 Å². The zero-order chi connectivity index (χ0) is 20.7. The van der Waals surface area contributed by atoms with Crippen LogP contribution >= 0.6 is 0 Å². The first kappa shape index (κ1) is 20.6. The Morgan fingerprint density at radius 3 is 2.39 bits per heavy atom. The third kappa shape index (κ3) is 3.60. The van der Waals surface area contributed by atoms with Crippen LogP contribution in [0.25, 0.3) is 0 Å². The summed E-state index contributed by atoms with van der Waals surface area (Å²) in [4.78, 5) is 25.5. The Morgan fingerprint density at radius 1 is 1.18 bits per heavy atom. The molecule has 1 aromatic carbocycles. The summed E-state index contributed by atoms with van der Waals surface area (Å²) in [6.45, 7) is 11.2. The van der Waals surface area contributed by atoms with Crippen LogP contribution < -0.4 is 0 Å². The second kappa shape index (κ2) is 7.37. The molecule has 1 unspecified atom stereocenters. The van der Waals surface area contributed by atoms with Gasteiger partial charge in [-0.15, -0.1) is 0 Å². The molecule has 7 heteroatoms. The van der Waals surface area contributed by atoms with Crippen LogP contribution in [0, 0.1) is 0 Å². The first-order chi connectivity index (χ1) is 13.1. The van der Waals surface area contributed by atoms with Gasteiger partial charge in [-0.2, -0.15) is 0 Å². The van der Waals surface area contributed by atoms with Gasteiger partial charge < -0.3 is 9.16 Å². The topological polar surface area (TPSA) is 59.1 Å². The number of carbonyl (C=O) groups excluding carboxylic acids is 2. The van der Waals surface area contributed by atoms with Crippen LogP contribution in [0.1, 0.15) is 45.2 Å². The van der Waals surface area contributed by atoms with E-state index < -0.39 is 14.3 Å². The monoisotopic (exact) mass is 402 g/mol. The molecule has 0 aliphatic carbocycles. The Bertz CT molecular complexity index is 798. The molecular weight excluding hydrogens is 372 g/mol. The van der Waals surface area contributed by atoms with Crippen LogP contribution in [0.2, 0.25) is 18.1 Å². The van der Waals surface area contributed by atoms with Crippen molar-refractivity contribution < 1.29 is 18.8 Å². The van der Waals surface area contributed by atoms with Crippen molar-refractivity contribution in [3.63, 3.8) is 0 Å². The average Bonchev–Trinajstić information content (AvgIpc) is 3.03. The summed E-state index contributed by atoms with van der Waals surface area (Å²) in [6, 6.07) is 9.86. The third-order valence-corrected chi connectivity index (χ3v) is 10.3. The molecule has 0 bridgehead atoms. The summed E-state index contributed by atoms with van der Waals surface area (Å²) in [5.74, 6) is -0.113. The lowest BCUT2D eigenvalue weighted by molar-refractivity contribution is -0.145. The van der Waals surface area contributed by atoms with Crippen molar-refractivity contribution in [1.29, 1.82) is 0 Å². The summed E-state index contributed by atoms with van der Waals surface area (Å²) in [6.07, 6.45) is 0.854. The fourth-order valence-electron chi connectivity index (χ4n) is 3.36. The van der Waals surface area contributed by atoms with E-state index in [2.05, 4.69) is 33.9 Å². The fraction of sp³-hybridized carbons (Fsp3) is 0.524. The Morgan fingerprint density at radius 2 is 1.82 bits per heavy atom. The summed E-state index contributed by atoms with van der Waals surface area (Å²) >= 11 is 0. The van der Waals surface area contributed by atoms with Crippen LogP contribution in [0.3, 0.4) is 0 Å². The number of rotatable bonds is 4. The van der Waals surface area contributed by atoms with Crippen molar-refractivity contribution in [2.24, 2.45) is 0 Å². The van der Waals surface area contributed by atoms with Gasteiger partial charge in [-0.25, -0.2) is 14.8 Å². The van der Waals surface area contributed by atoms with Gasteiger partial charge in [0.15, 0.2) is 0 Å². The van der Waals surface area contributed by atoms with Gasteiger partial charge in [-0.3, -0.25) is 4.79 Å². The lowest BCUT2D eigenvalue weighted by Gasteiger charge is -2.45. The standard InChI is InChI=1S/C21H30N2O4Si/c1-21(2,3)28(5,6)27-19-16(20(25)26-4)14-17(15-10-8-7-9-11-15)22-13-12-18(24)23(19)22/h7-11,17H,12-14H2,1-6H3. The number of amides is 1. The second-order valence-electron chi connectivity index (χ2n) is 8.89. The largest absolute Gasteiger partial charge is 0.530 e. The quantitative estimate of drug-likeness (QED) is 0.563. The summed E-state index contributed by atoms with van der Waals surface area (Å²) < 4.78 is 11.6. The van der Waals surface area contributed by atoms with E-state index in [0.29, 0.717) is 30.8 Å². The highest BCUT2D eigenvalue weighted by Gasteiger charge is 2.49. The van der Waals surface area contributed by atoms with Crippen LogP contribution in [-0.2, 0) is 18.8 Å². The highest BCUT2D eigenvalue weighted by molar-refractivity contribution is 6.74. The molecule has 6 nitrogen and oxygen atoms in total. The van der Waals surface area contributed by atoms with Gasteiger partial charge in [0.05, 0.1) is 18.7 Å². The van der Waals surface area contributed by atoms with Crippen molar-refractivity contribution in [3.8, 4) is 0 Å². The Balaban J connectivity index is 2.11. The van der Waals surface area contributed by atoms with Gasteiger partial charge in [0, 0.05) is 19.4 Å². The minimum atomic E-state index is -2.27. The maximum absolute atomic E-state index is 12.8. The first-order valence-corrected chi connectivity index (χ1v) is 12.6. The zero-order valence-electron chi connectivity index (χ0n) is 17.6. The number of fused-ring (bicyclic) bond motifs is 1. The smallest absolute Gasteiger partial charge is 0.339 e. The predicted octanol–water partition coefficient (Wildman–Crippen LogP) is 3.99. The van der Waals surface area contributed by atoms with Gasteiger partial charge in [-0.05, 0) is 23.7 Å². The normalized spacial score (nSPS) is 21.0. The van der Waals surface area contributed by atoms with Gasteiger partial charge in [-0.1, -0.05) is 51.1 Å². The maximum Gasteiger partial charge on any atom is 0.339 e. The van der Waals surface area contributed by atoms with Crippen LogP contribution in [0.15, 0.2) is 41.8 Å². The number of benzene rings is 1. The molecule has 0 N–H and O–H groups in total. The first-order valence-electron chi connectivity index (χ1n) is 9.72. The Hall–Kier alpha value is -2.12. The van der Waals surface area contributed by atoms with E-state index in [0.717, 1.165) is 5.56 Å². The molecule has 1 fully saturated rings. The molecule has 1 saturated heterocycles. The van der Waals surface area contributed by atoms with Crippen molar-refractivity contribution in [1.82, 2.24) is 10.0 Å². The molecule has 28 heavy (non-hydrogen) atoms. The molecule has 1 amide bonds. The maximum atomic E-state index is 12.8. The van der Waals surface area contributed by atoms with E-state index in [-0.39, 0.29) is 17.0 Å². The highest BCUT2D eigenvalue weighted by Crippen LogP contribution is 2.45. The Kier molecular flexibility index (Phi) is 5.42. The van der Waals surface area contributed by atoms with E-state index in [9.17, 15) is 9.59 Å². The second-order valence-corrected chi connectivity index (χ2v) is 13.6. The number of hydrazine groups is 1. The summed E-state index contributed by atoms with van der Waals surface area (Å²) in [5.41, 5.74) is 1.50. The number of ether oxygens (including phenoxy) is 1. The molecule has 1 aromatic rings. The van der Waals surface area contributed by atoms with E-state index in [1.807, 2.05) is 35.3 Å². The van der Waals surface area contributed by atoms with Gasteiger partial charge in [0.25, 0.3) is 8.32 Å². The molecule has 0 radical (unpaired) electrons. The summed E-state index contributed by atoms with van der Waals surface area (Å²) in [7, 11) is -0.900. The lowest BCUT2D eigenvalue weighted by atomic mass is 9.97. The van der Waals surface area contributed by atoms with E-state index in [4.69, 9.17) is 9.16 Å². The van der Waals surface area contributed by atoms with E-state index in [1.54, 1.807) is 5.01 Å². The third-order valence-electron chi connectivity index (χ3n) is 6.03. The average molecular weight is 403 g/mol. The van der Waals surface area contributed by atoms with E-state index in [1.165, 1.54) is 7.11 Å². The molecule has 1 atom stereocenters. The van der Waals surface area contributed by atoms with Crippen LogP contribution in [-0.4, -0.2) is 43.9 Å². The minimum absolute atomic E-state index is 0.0456. The SMILES string of the molecule is COC(=O)C1=C(O[Si](C)(C)C(C)(C)C)N2C(=O)CCN2C(c2ccccc2)C1. The minimum Gasteiger partial charge on any atom is -0.530 e. The number of hydrogen-bond acceptors (Lipinski definition) is 5. The van der Waals surface area contributed by atoms with Gasteiger partial charge in [0.2, 0.25) is 11.8 Å². The number of hydrogen-bond donors (Lipinski definition) is 0. The van der Waals surface area contributed by atoms with Crippen molar-refractivity contribution in [2.75, 3.05) is 13.7 Å². The Labute approximate surface area is 168 Å². The molecule has 0 saturated carbocycles. The highest BCUT2D eigenvalue weighted by atomic mass is 28.4. The number of nitrogens with zero attached hydrogens (tertiary/aromatic N) is 2. The lowest BCUT2D eigenvalue weighted by Crippen LogP contribution is -2.50. The summed E-state index contributed by atoms with van der Waals surface area (Å²) in [5, 5.41) is 3.56. The molecular formula is C21H30N2O4Si. The number of carbonyl (C=O) groups is 2. The molecule has 2 heterocycles. The van der Waals surface area contributed by atoms with Crippen molar-refractivity contribution in [3.05, 3.63) is 47.4 Å². The molecule has 0 aromatic heterocycles.